The number of benzene rings is 5. The Morgan fingerprint density at radius 1 is 0.623 bits per heavy atom. The predicted octanol–water partition coefficient (Wildman–Crippen LogP) is 9.36. The number of halogens is 3. The van der Waals surface area contributed by atoms with Gasteiger partial charge < -0.3 is 34.6 Å². The van der Waals surface area contributed by atoms with Crippen molar-refractivity contribution in [3.05, 3.63) is 172 Å². The molecule has 5 aromatic rings. The molecule has 0 aliphatic carbocycles. The SMILES string of the molecule is CC(=O)/C(=C\N1CCc2cc(C(=O)OCCCOC(=O)c3ccc4c(c3)CCN4)ccc21)c1ccccc1.CCN(/C=C(\C(=O)C(F)(F)F)c1ccccc1)CCOC(=O)c1ccc2c(c1)CCN2. The largest absolute Gasteiger partial charge is 0.462 e. The fourth-order valence-corrected chi connectivity index (χ4v) is 8.12. The Labute approximate surface area is 398 Å². The molecule has 0 spiro atoms. The summed E-state index contributed by atoms with van der Waals surface area (Å²) in [6, 6.07) is 33.6. The summed E-state index contributed by atoms with van der Waals surface area (Å²) >= 11 is 0. The maximum atomic E-state index is 13.1. The summed E-state index contributed by atoms with van der Waals surface area (Å²) in [4.78, 5) is 65.1. The van der Waals surface area contributed by atoms with Gasteiger partial charge in [0.1, 0.15) is 6.61 Å². The van der Waals surface area contributed by atoms with E-state index < -0.39 is 29.5 Å². The van der Waals surface area contributed by atoms with Crippen LogP contribution in [0.5, 0.6) is 0 Å². The van der Waals surface area contributed by atoms with Crippen LogP contribution in [0.15, 0.2) is 128 Å². The van der Waals surface area contributed by atoms with Crippen LogP contribution >= 0.6 is 0 Å². The first-order valence-electron chi connectivity index (χ1n) is 22.8. The average Bonchev–Trinajstić information content (AvgIpc) is 4.14. The van der Waals surface area contributed by atoms with Gasteiger partial charge in [-0.25, -0.2) is 14.4 Å². The van der Waals surface area contributed by atoms with Gasteiger partial charge in [0.15, 0.2) is 5.78 Å². The molecule has 3 aliphatic heterocycles. The van der Waals surface area contributed by atoms with E-state index in [-0.39, 0.29) is 43.7 Å². The molecule has 0 bridgehead atoms. The first-order chi connectivity index (χ1) is 33.3. The molecule has 0 fully saturated rings. The van der Waals surface area contributed by atoms with Gasteiger partial charge in [-0.1, -0.05) is 60.7 Å². The van der Waals surface area contributed by atoms with E-state index in [0.29, 0.717) is 35.2 Å². The van der Waals surface area contributed by atoms with Crippen molar-refractivity contribution in [1.82, 2.24) is 4.90 Å². The van der Waals surface area contributed by atoms with Crippen LogP contribution in [0.1, 0.15) is 79.2 Å². The number of fused-ring (bicyclic) bond motifs is 3. The number of ketones is 2. The second-order valence-electron chi connectivity index (χ2n) is 16.5. The molecule has 0 saturated heterocycles. The van der Waals surface area contributed by atoms with Crippen LogP contribution in [0.25, 0.3) is 11.1 Å². The van der Waals surface area contributed by atoms with Gasteiger partial charge in [0.05, 0.1) is 42.0 Å². The molecular formula is C54H53F3N4O8. The topological polar surface area (TPSA) is 144 Å². The van der Waals surface area contributed by atoms with E-state index in [0.717, 1.165) is 78.2 Å². The Kier molecular flexibility index (Phi) is 16.3. The first-order valence-corrected chi connectivity index (χ1v) is 22.8. The number of Topliss-reactive ketones (excluding diaryl/α,β-unsaturated/α-hetero) is 2. The van der Waals surface area contributed by atoms with E-state index in [2.05, 4.69) is 15.5 Å². The second-order valence-corrected chi connectivity index (χ2v) is 16.5. The van der Waals surface area contributed by atoms with Crippen molar-refractivity contribution >= 4 is 57.7 Å². The fourth-order valence-electron chi connectivity index (χ4n) is 8.12. The van der Waals surface area contributed by atoms with Crippen LogP contribution in [0.2, 0.25) is 0 Å². The highest BCUT2D eigenvalue weighted by Crippen LogP contribution is 2.32. The maximum absolute atomic E-state index is 13.1. The minimum absolute atomic E-state index is 0.0000953. The number of esters is 3. The quantitative estimate of drug-likeness (QED) is 0.0397. The summed E-state index contributed by atoms with van der Waals surface area (Å²) in [5, 5.41) is 6.48. The molecule has 69 heavy (non-hydrogen) atoms. The van der Waals surface area contributed by atoms with Crippen LogP contribution in [0, 0.1) is 0 Å². The van der Waals surface area contributed by atoms with Gasteiger partial charge >= 0.3 is 24.1 Å². The van der Waals surface area contributed by atoms with Crippen LogP contribution in [0.3, 0.4) is 0 Å². The molecule has 0 saturated carbocycles. The van der Waals surface area contributed by atoms with Gasteiger partial charge in [-0.05, 0) is 116 Å². The van der Waals surface area contributed by atoms with E-state index in [1.165, 1.54) is 23.2 Å². The monoisotopic (exact) mass is 942 g/mol. The van der Waals surface area contributed by atoms with Crippen molar-refractivity contribution in [1.29, 1.82) is 0 Å². The summed E-state index contributed by atoms with van der Waals surface area (Å²) in [6.45, 7) is 6.54. The number of allylic oxidation sites excluding steroid dienone is 2. The van der Waals surface area contributed by atoms with Gasteiger partial charge in [0.25, 0.3) is 5.78 Å². The van der Waals surface area contributed by atoms with Gasteiger partial charge in [-0.2, -0.15) is 13.2 Å². The molecule has 15 heteroatoms. The minimum atomic E-state index is -4.99. The summed E-state index contributed by atoms with van der Waals surface area (Å²) < 4.78 is 55.3. The zero-order valence-corrected chi connectivity index (χ0v) is 38.4. The molecule has 3 aliphatic rings. The lowest BCUT2D eigenvalue weighted by Crippen LogP contribution is -2.28. The molecule has 0 unspecified atom stereocenters. The van der Waals surface area contributed by atoms with Crippen molar-refractivity contribution in [2.24, 2.45) is 0 Å². The molecule has 358 valence electrons. The highest BCUT2D eigenvalue weighted by molar-refractivity contribution is 6.23. The molecule has 0 amide bonds. The average molecular weight is 943 g/mol. The van der Waals surface area contributed by atoms with E-state index in [4.69, 9.17) is 14.2 Å². The Balaban J connectivity index is 0.000000208. The second kappa shape index (κ2) is 22.9. The molecule has 12 nitrogen and oxygen atoms in total. The van der Waals surface area contributed by atoms with E-state index >= 15 is 0 Å². The summed E-state index contributed by atoms with van der Waals surface area (Å²) in [5.41, 5.74) is 8.94. The number of hydrogen-bond acceptors (Lipinski definition) is 12. The Morgan fingerprint density at radius 2 is 1.12 bits per heavy atom. The van der Waals surface area contributed by atoms with Crippen molar-refractivity contribution in [3.63, 3.8) is 0 Å². The van der Waals surface area contributed by atoms with Crippen molar-refractivity contribution in [2.45, 2.75) is 45.7 Å². The Hall–Kier alpha value is -7.68. The number of rotatable bonds is 17. The lowest BCUT2D eigenvalue weighted by atomic mass is 10.0. The molecule has 0 aromatic heterocycles. The van der Waals surface area contributed by atoms with Crippen LogP contribution < -0.4 is 15.5 Å². The number of alkyl halides is 3. The van der Waals surface area contributed by atoms with Crippen LogP contribution in [0.4, 0.5) is 30.2 Å². The Morgan fingerprint density at radius 3 is 1.62 bits per heavy atom. The fraction of sp³-hybridized carbons (Fsp3) is 0.278. The highest BCUT2D eigenvalue weighted by Gasteiger charge is 2.41. The maximum Gasteiger partial charge on any atom is 0.454 e. The number of likely N-dealkylation sites (N-methyl/N-ethyl adjacent to an activating group) is 1. The number of anilines is 3. The minimum Gasteiger partial charge on any atom is -0.462 e. The third-order valence-corrected chi connectivity index (χ3v) is 11.8. The number of nitrogens with zero attached hydrogens (tertiary/aromatic N) is 2. The molecule has 3 heterocycles. The highest BCUT2D eigenvalue weighted by atomic mass is 19.4. The van der Waals surface area contributed by atoms with Crippen LogP contribution in [-0.4, -0.2) is 93.1 Å². The molecular weight excluding hydrogens is 890 g/mol. The van der Waals surface area contributed by atoms with Crippen molar-refractivity contribution in [3.8, 4) is 0 Å². The normalized spacial score (nSPS) is 13.7. The van der Waals surface area contributed by atoms with Gasteiger partial charge in [0, 0.05) is 67.6 Å². The first kappa shape index (κ1) is 49.2. The van der Waals surface area contributed by atoms with Gasteiger partial charge in [0.2, 0.25) is 0 Å². The number of hydrogen-bond donors (Lipinski definition) is 2. The molecule has 0 atom stereocenters. The summed E-state index contributed by atoms with van der Waals surface area (Å²) in [7, 11) is 0. The van der Waals surface area contributed by atoms with E-state index in [1.807, 2.05) is 66.9 Å². The summed E-state index contributed by atoms with van der Waals surface area (Å²) in [5.74, 6) is -3.19. The molecule has 0 radical (unpaired) electrons. The molecule has 5 aromatic carbocycles. The van der Waals surface area contributed by atoms with Crippen molar-refractivity contribution in [2.75, 3.05) is 68.1 Å². The predicted molar refractivity (Wildman–Crippen MR) is 258 cm³/mol. The number of carbonyl (C=O) groups excluding carboxylic acids is 5. The van der Waals surface area contributed by atoms with Gasteiger partial charge in [-0.15, -0.1) is 0 Å². The third kappa shape index (κ3) is 12.9. The lowest BCUT2D eigenvalue weighted by molar-refractivity contribution is -0.164. The molecule has 8 rings (SSSR count). The van der Waals surface area contributed by atoms with Gasteiger partial charge in [-0.3, -0.25) is 9.59 Å². The third-order valence-electron chi connectivity index (χ3n) is 11.8. The van der Waals surface area contributed by atoms with E-state index in [1.54, 1.807) is 56.3 Å². The van der Waals surface area contributed by atoms with Crippen molar-refractivity contribution < 1.29 is 51.4 Å². The zero-order chi connectivity index (χ0) is 48.9. The molecule has 2 N–H and O–H groups in total. The smallest absolute Gasteiger partial charge is 0.454 e. The number of carbonyl (C=O) groups is 5. The van der Waals surface area contributed by atoms with E-state index in [9.17, 15) is 37.1 Å². The standard InChI is InChI=1S/C31H30N2O5.C23H23F3N2O3/c1-21(34)27(22-6-3-2-4-7-22)20-33-15-13-24-19-26(9-11-29(24)33)31(36)38-17-5-16-37-30(35)25-8-10-28-23(18-25)12-14-32-28;1-2-28(15-19(21(29)23(24,25)26)16-6-4-3-5-7-16)12-13-31-22(30)18-8-9-20-17(14-18)10-11-27-20/h2-4,6-11,18-20,32H,5,12-17H2,1H3;3-9,14-15,27H,2,10-13H2,1H3/b27-20+;19-15-. The summed E-state index contributed by atoms with van der Waals surface area (Å²) in [6.07, 6.45) is 0.998. The van der Waals surface area contributed by atoms with Crippen LogP contribution in [-0.2, 0) is 43.1 Å². The zero-order valence-electron chi connectivity index (χ0n) is 38.4. The number of nitrogens with one attached hydrogen (secondary N) is 2. The lowest BCUT2D eigenvalue weighted by Gasteiger charge is -2.21. The Bertz CT molecular complexity index is 2740. The number of ether oxygens (including phenoxy) is 3.